The van der Waals surface area contributed by atoms with Gasteiger partial charge in [0.1, 0.15) is 11.8 Å². The van der Waals surface area contributed by atoms with Crippen molar-refractivity contribution in [1.82, 2.24) is 14.5 Å². The quantitative estimate of drug-likeness (QED) is 0.429. The Morgan fingerprint density at radius 2 is 1.42 bits per heavy atom. The average Bonchev–Trinajstić information content (AvgIpc) is 2.88. The van der Waals surface area contributed by atoms with Gasteiger partial charge in [-0.1, -0.05) is 72.8 Å². The summed E-state index contributed by atoms with van der Waals surface area (Å²) < 4.78 is 31.6. The fourth-order valence-electron chi connectivity index (χ4n) is 3.82. The number of nitrogens with zero attached hydrogens (tertiary/aromatic N) is 2. The first-order valence-corrected chi connectivity index (χ1v) is 13.3. The Morgan fingerprint density at radius 1 is 0.861 bits per heavy atom. The summed E-state index contributed by atoms with van der Waals surface area (Å²) >= 11 is 0. The predicted octanol–water partition coefficient (Wildman–Crippen LogP) is 2.97. The fourth-order valence-corrected chi connectivity index (χ4v) is 4.54. The Labute approximate surface area is 212 Å². The van der Waals surface area contributed by atoms with Gasteiger partial charge < -0.3 is 15.0 Å². The molecule has 36 heavy (non-hydrogen) atoms. The van der Waals surface area contributed by atoms with Gasteiger partial charge in [0.15, 0.2) is 0 Å². The van der Waals surface area contributed by atoms with Gasteiger partial charge in [-0.3, -0.25) is 9.59 Å². The van der Waals surface area contributed by atoms with E-state index in [1.54, 1.807) is 55.6 Å². The largest absolute Gasteiger partial charge is 0.497 e. The highest BCUT2D eigenvalue weighted by Gasteiger charge is 2.33. The van der Waals surface area contributed by atoms with Crippen LogP contribution in [0.5, 0.6) is 5.75 Å². The molecular weight excluding hydrogens is 478 g/mol. The summed E-state index contributed by atoms with van der Waals surface area (Å²) in [5.74, 6) is -0.213. The monoisotopic (exact) mass is 509 g/mol. The van der Waals surface area contributed by atoms with Crippen molar-refractivity contribution in [2.45, 2.75) is 19.1 Å². The number of carbonyl (C=O) groups is 2. The fraction of sp³-hybridized carbons (Fsp3) is 0.259. The molecule has 0 unspecified atom stereocenters. The molecule has 1 N–H and O–H groups in total. The molecule has 0 aromatic heterocycles. The molecule has 0 aliphatic rings. The number of methoxy groups -OCH3 is 1. The maximum Gasteiger partial charge on any atom is 0.247 e. The number of nitrogens with one attached hydrogen (secondary N) is 1. The molecule has 0 spiro atoms. The molecule has 0 saturated heterocycles. The molecule has 3 rings (SSSR count). The molecule has 0 heterocycles. The molecule has 0 bridgehead atoms. The number of rotatable bonds is 11. The van der Waals surface area contributed by atoms with E-state index in [9.17, 15) is 18.0 Å². The maximum atomic E-state index is 13.8. The van der Waals surface area contributed by atoms with Gasteiger partial charge in [0, 0.05) is 20.1 Å². The Hall–Kier alpha value is -3.69. The molecule has 2 amide bonds. The van der Waals surface area contributed by atoms with Crippen LogP contribution in [-0.4, -0.2) is 56.4 Å². The van der Waals surface area contributed by atoms with E-state index in [2.05, 4.69) is 5.32 Å². The van der Waals surface area contributed by atoms with Crippen molar-refractivity contribution in [2.24, 2.45) is 0 Å². The second kappa shape index (κ2) is 12.3. The summed E-state index contributed by atoms with van der Waals surface area (Å²) in [4.78, 5) is 28.2. The average molecular weight is 510 g/mol. The number of hydrogen-bond donors (Lipinski definition) is 1. The van der Waals surface area contributed by atoms with Crippen LogP contribution in [0.3, 0.4) is 0 Å². The molecule has 3 aromatic rings. The van der Waals surface area contributed by atoms with Crippen LogP contribution in [0.4, 0.5) is 0 Å². The first-order chi connectivity index (χ1) is 17.2. The molecule has 9 heteroatoms. The van der Waals surface area contributed by atoms with E-state index in [0.29, 0.717) is 11.3 Å². The van der Waals surface area contributed by atoms with E-state index < -0.39 is 28.5 Å². The van der Waals surface area contributed by atoms with Crippen molar-refractivity contribution >= 4 is 21.8 Å². The third-order valence-electron chi connectivity index (χ3n) is 5.74. The summed E-state index contributed by atoms with van der Waals surface area (Å²) in [5, 5.41) is 2.64. The van der Waals surface area contributed by atoms with Crippen LogP contribution in [0.2, 0.25) is 0 Å². The van der Waals surface area contributed by atoms with Crippen molar-refractivity contribution in [3.63, 3.8) is 0 Å². The zero-order valence-corrected chi connectivity index (χ0v) is 21.4. The molecule has 190 valence electrons. The Balaban J connectivity index is 1.99. The van der Waals surface area contributed by atoms with Gasteiger partial charge in [0.25, 0.3) is 0 Å². The number of hydrogen-bond acceptors (Lipinski definition) is 5. The van der Waals surface area contributed by atoms with Crippen LogP contribution in [0.25, 0.3) is 0 Å². The molecule has 0 fully saturated rings. The van der Waals surface area contributed by atoms with Gasteiger partial charge in [0.2, 0.25) is 21.8 Å². The van der Waals surface area contributed by atoms with E-state index in [-0.39, 0.29) is 19.0 Å². The van der Waals surface area contributed by atoms with Gasteiger partial charge in [-0.05, 0) is 28.8 Å². The SMILES string of the molecule is CNC(=O)[C@H](c1ccccc1)N(Cc1ccc(OC)cc1)C(=O)CN(Cc1ccccc1)S(C)(=O)=O. The van der Waals surface area contributed by atoms with Crippen LogP contribution in [0.15, 0.2) is 84.9 Å². The number of ether oxygens (including phenoxy) is 1. The zero-order valence-electron chi connectivity index (χ0n) is 20.6. The lowest BCUT2D eigenvalue weighted by atomic mass is 10.0. The van der Waals surface area contributed by atoms with Crippen LogP contribution in [-0.2, 0) is 32.7 Å². The maximum absolute atomic E-state index is 13.8. The molecule has 0 aliphatic carbocycles. The number of likely N-dealkylation sites (N-methyl/N-ethyl adjacent to an activating group) is 1. The van der Waals surface area contributed by atoms with Crippen LogP contribution < -0.4 is 10.1 Å². The predicted molar refractivity (Wildman–Crippen MR) is 138 cm³/mol. The van der Waals surface area contributed by atoms with Crippen molar-refractivity contribution in [3.8, 4) is 5.75 Å². The van der Waals surface area contributed by atoms with E-state index in [4.69, 9.17) is 4.74 Å². The second-order valence-corrected chi connectivity index (χ2v) is 10.3. The Kier molecular flexibility index (Phi) is 9.21. The highest BCUT2D eigenvalue weighted by atomic mass is 32.2. The van der Waals surface area contributed by atoms with Crippen molar-refractivity contribution in [2.75, 3.05) is 27.0 Å². The van der Waals surface area contributed by atoms with Gasteiger partial charge in [-0.25, -0.2) is 8.42 Å². The molecule has 0 aliphatic heterocycles. The lowest BCUT2D eigenvalue weighted by Crippen LogP contribution is -2.47. The number of amides is 2. The lowest BCUT2D eigenvalue weighted by molar-refractivity contribution is -0.141. The van der Waals surface area contributed by atoms with E-state index >= 15 is 0 Å². The summed E-state index contributed by atoms with van der Waals surface area (Å²) in [7, 11) is -0.651. The minimum atomic E-state index is -3.72. The molecular formula is C27H31N3O5S. The van der Waals surface area contributed by atoms with Gasteiger partial charge in [0.05, 0.1) is 19.9 Å². The first-order valence-electron chi connectivity index (χ1n) is 11.4. The first kappa shape index (κ1) is 26.9. The number of carbonyl (C=O) groups excluding carboxylic acids is 2. The van der Waals surface area contributed by atoms with E-state index in [1.807, 2.05) is 36.4 Å². The lowest BCUT2D eigenvalue weighted by Gasteiger charge is -2.33. The highest BCUT2D eigenvalue weighted by molar-refractivity contribution is 7.88. The smallest absolute Gasteiger partial charge is 0.247 e. The standard InChI is InChI=1S/C27H31N3O5S/c1-28-27(32)26(23-12-8-5-9-13-23)30(19-22-14-16-24(35-2)17-15-22)25(31)20-29(36(3,33)34)18-21-10-6-4-7-11-21/h4-17,26H,18-20H2,1-3H3,(H,28,32)/t26-/m0/s1. The number of sulfonamides is 1. The summed E-state index contributed by atoms with van der Waals surface area (Å²) in [6.45, 7) is -0.277. The van der Waals surface area contributed by atoms with Crippen molar-refractivity contribution in [3.05, 3.63) is 102 Å². The van der Waals surface area contributed by atoms with Crippen molar-refractivity contribution in [1.29, 1.82) is 0 Å². The molecule has 3 aromatic carbocycles. The van der Waals surface area contributed by atoms with E-state index in [1.165, 1.54) is 11.9 Å². The van der Waals surface area contributed by atoms with E-state index in [0.717, 1.165) is 21.7 Å². The minimum Gasteiger partial charge on any atom is -0.497 e. The third kappa shape index (κ3) is 7.16. The molecule has 1 atom stereocenters. The minimum absolute atomic E-state index is 0.0395. The Morgan fingerprint density at radius 3 is 1.94 bits per heavy atom. The van der Waals surface area contributed by atoms with Crippen molar-refractivity contribution < 1.29 is 22.7 Å². The highest BCUT2D eigenvalue weighted by Crippen LogP contribution is 2.25. The van der Waals surface area contributed by atoms with Crippen LogP contribution in [0.1, 0.15) is 22.7 Å². The molecule has 0 saturated carbocycles. The summed E-state index contributed by atoms with van der Waals surface area (Å²) in [5.41, 5.74) is 2.14. The van der Waals surface area contributed by atoms with Gasteiger partial charge >= 0.3 is 0 Å². The van der Waals surface area contributed by atoms with Gasteiger partial charge in [-0.15, -0.1) is 0 Å². The summed E-state index contributed by atoms with van der Waals surface area (Å²) in [6.07, 6.45) is 1.07. The van der Waals surface area contributed by atoms with Crippen LogP contribution in [0, 0.1) is 0 Å². The third-order valence-corrected chi connectivity index (χ3v) is 6.93. The Bertz CT molecular complexity index is 1250. The second-order valence-electron chi connectivity index (χ2n) is 8.31. The van der Waals surface area contributed by atoms with Gasteiger partial charge in [-0.2, -0.15) is 4.31 Å². The zero-order chi connectivity index (χ0) is 26.1. The molecule has 8 nitrogen and oxygen atoms in total. The number of benzene rings is 3. The molecule has 0 radical (unpaired) electrons. The topological polar surface area (TPSA) is 96.0 Å². The van der Waals surface area contributed by atoms with Crippen LogP contribution >= 0.6 is 0 Å². The normalized spacial score (nSPS) is 12.1. The summed E-state index contributed by atoms with van der Waals surface area (Å²) in [6, 6.07) is 24.2.